The van der Waals surface area contributed by atoms with Crippen molar-refractivity contribution in [2.75, 3.05) is 0 Å². The summed E-state index contributed by atoms with van der Waals surface area (Å²) in [5.41, 5.74) is 7.41. The molecule has 0 aliphatic rings. The van der Waals surface area contributed by atoms with Crippen molar-refractivity contribution < 1.29 is 13.0 Å². The summed E-state index contributed by atoms with van der Waals surface area (Å²) < 4.78 is 28.5. The van der Waals surface area contributed by atoms with Crippen molar-refractivity contribution in [1.82, 2.24) is 0 Å². The van der Waals surface area contributed by atoms with Crippen LogP contribution in [0, 0.1) is 0 Å². The van der Waals surface area contributed by atoms with Crippen molar-refractivity contribution in [3.8, 4) is 0 Å². The maximum atomic E-state index is 14.3. The molecule has 12 heteroatoms. The van der Waals surface area contributed by atoms with E-state index in [0.717, 1.165) is 0 Å². The highest BCUT2D eigenvalue weighted by molar-refractivity contribution is 7.39. The molecule has 0 atom stereocenters. The maximum absolute atomic E-state index is 14.3. The fraction of sp³-hybridized carbons (Fsp3) is 1.00. The van der Waals surface area contributed by atoms with E-state index in [1.54, 1.807) is 0 Å². The quantitative estimate of drug-likeness (QED) is 0.122. The summed E-state index contributed by atoms with van der Waals surface area (Å²) in [7, 11) is -15.3. The molecule has 0 aromatic rings. The second-order valence-corrected chi connectivity index (χ2v) is 65.3. The van der Waals surface area contributed by atoms with Crippen LogP contribution >= 0.6 is 8.25 Å². The number of hydrogen-bond donors (Lipinski definition) is 0. The van der Waals surface area contributed by atoms with E-state index in [1.165, 1.54) is 34.0 Å². The van der Waals surface area contributed by atoms with Gasteiger partial charge in [0.1, 0.15) is 0 Å². The molecule has 218 valence electrons. The van der Waals surface area contributed by atoms with Crippen molar-refractivity contribution >= 4 is 73.3 Å². The highest BCUT2D eigenvalue weighted by atomic mass is 31.1. The molecule has 0 aromatic carbocycles. The minimum Gasteiger partial charge on any atom is -0.354 e. The molecule has 0 bridgehead atoms. The number of rotatable bonds is 16. The van der Waals surface area contributed by atoms with E-state index in [-0.39, 0.29) is 0 Å². The van der Waals surface area contributed by atoms with E-state index < -0.39 is 73.3 Å². The van der Waals surface area contributed by atoms with E-state index in [1.807, 2.05) is 0 Å². The topological polar surface area (TPSA) is 35.5 Å². The maximum Gasteiger partial charge on any atom is 0.299 e. The van der Waals surface area contributed by atoms with Crippen LogP contribution in [0.5, 0.6) is 0 Å². The summed E-state index contributed by atoms with van der Waals surface area (Å²) in [6, 6.07) is 0. The molecule has 0 N–H and O–H groups in total. The molecule has 0 unspecified atom stereocenters. The minimum atomic E-state index is -2.52. The lowest BCUT2D eigenvalue weighted by atomic mass is 11.7. The Morgan fingerprint density at radius 2 is 0.500 bits per heavy atom. The first-order valence-corrected chi connectivity index (χ1v) is 42.8. The second-order valence-electron chi connectivity index (χ2n) is 19.2. The Labute approximate surface area is 237 Å². The Bertz CT molecular complexity index is 579. The number of hydrogen-bond acceptors (Lipinski definition) is 3. The van der Waals surface area contributed by atoms with Gasteiger partial charge in [0.2, 0.25) is 0 Å². The van der Waals surface area contributed by atoms with Gasteiger partial charge in [-0.05, 0) is 34.0 Å². The molecule has 36 heavy (non-hydrogen) atoms. The SMILES string of the molecule is C[Si](C)(C)C[Si](C[Si](C)(C)C)(C[Si](C)(C)C)O[PH](=O)O[Si](C[Si](C)(C)C)(C[Si](C)(C)C)C[Si](C)(C)C. The van der Waals surface area contributed by atoms with Gasteiger partial charge in [-0.1, -0.05) is 118 Å². The predicted octanol–water partition coefficient (Wildman–Crippen LogP) is 10.6. The summed E-state index contributed by atoms with van der Waals surface area (Å²) in [5.74, 6) is 0. The van der Waals surface area contributed by atoms with Crippen molar-refractivity contribution in [3.63, 3.8) is 0 Å². The van der Waals surface area contributed by atoms with Crippen LogP contribution in [-0.2, 0) is 13.0 Å². The Hall–Kier alpha value is 1.89. The van der Waals surface area contributed by atoms with Crippen molar-refractivity contribution in [2.24, 2.45) is 0 Å². The van der Waals surface area contributed by atoms with E-state index in [9.17, 15) is 4.57 Å². The highest BCUT2D eigenvalue weighted by Gasteiger charge is 2.50. The van der Waals surface area contributed by atoms with E-state index in [0.29, 0.717) is 0 Å². The molecule has 0 aromatic heterocycles. The van der Waals surface area contributed by atoms with Crippen molar-refractivity contribution in [2.45, 2.75) is 152 Å². The summed E-state index contributed by atoms with van der Waals surface area (Å²) in [5, 5.41) is 0. The van der Waals surface area contributed by atoms with E-state index >= 15 is 0 Å². The molecule has 0 heterocycles. The largest absolute Gasteiger partial charge is 0.354 e. The van der Waals surface area contributed by atoms with Gasteiger partial charge in [0.05, 0.1) is 0 Å². The lowest BCUT2D eigenvalue weighted by Gasteiger charge is -2.45. The lowest BCUT2D eigenvalue weighted by molar-refractivity contribution is 0.408. The van der Waals surface area contributed by atoms with E-state index in [2.05, 4.69) is 118 Å². The standard InChI is InChI=1S/C24H67O3PSi8/c1-29(2,3)19-35(20-30(4,5)6,21-31(7,8)9)26-28(25)27-36(22-32(10,11)12,23-33(13,14)15)24-34(16,17)18/h28H,19-24H2,1-18H3. The second kappa shape index (κ2) is 12.8. The van der Waals surface area contributed by atoms with Crippen molar-refractivity contribution in [3.05, 3.63) is 0 Å². The molecule has 0 aliphatic carbocycles. The van der Waals surface area contributed by atoms with Crippen LogP contribution in [0.15, 0.2) is 0 Å². The molecule has 0 spiro atoms. The summed E-state index contributed by atoms with van der Waals surface area (Å²) in [6.07, 6.45) is 0. The first kappa shape index (κ1) is 37.9. The van der Waals surface area contributed by atoms with Crippen LogP contribution in [0.3, 0.4) is 0 Å². The average Bonchev–Trinajstić information content (AvgIpc) is 2.31. The molecular formula is C24H67O3PSi8. The van der Waals surface area contributed by atoms with Crippen LogP contribution in [0.1, 0.15) is 0 Å². The fourth-order valence-corrected chi connectivity index (χ4v) is 71.9. The van der Waals surface area contributed by atoms with Gasteiger partial charge in [-0.2, -0.15) is 0 Å². The zero-order valence-electron chi connectivity index (χ0n) is 28.0. The third kappa shape index (κ3) is 19.0. The Kier molecular flexibility index (Phi) is 13.5. The van der Waals surface area contributed by atoms with Gasteiger partial charge >= 0.3 is 0 Å². The molecule has 0 amide bonds. The minimum absolute atomic E-state index is 1.24. The Morgan fingerprint density at radius 1 is 0.361 bits per heavy atom. The van der Waals surface area contributed by atoms with Crippen LogP contribution in [0.2, 0.25) is 152 Å². The predicted molar refractivity (Wildman–Crippen MR) is 192 cm³/mol. The smallest absolute Gasteiger partial charge is 0.299 e. The summed E-state index contributed by atoms with van der Waals surface area (Å²) >= 11 is 0. The molecule has 3 nitrogen and oxygen atoms in total. The average molecular weight is 659 g/mol. The molecule has 0 rings (SSSR count). The Morgan fingerprint density at radius 3 is 0.611 bits per heavy atom. The van der Waals surface area contributed by atoms with Gasteiger partial charge in [0, 0.05) is 48.4 Å². The first-order chi connectivity index (χ1) is 15.3. The van der Waals surface area contributed by atoms with Gasteiger partial charge in [0.15, 0.2) is 16.6 Å². The van der Waals surface area contributed by atoms with Crippen LogP contribution in [0.25, 0.3) is 0 Å². The normalized spacial score (nSPS) is 15.6. The van der Waals surface area contributed by atoms with Gasteiger partial charge in [-0.3, -0.25) is 4.57 Å². The van der Waals surface area contributed by atoms with Gasteiger partial charge in [-0.25, -0.2) is 0 Å². The van der Waals surface area contributed by atoms with Gasteiger partial charge in [-0.15, -0.1) is 0 Å². The van der Waals surface area contributed by atoms with Crippen LogP contribution in [0.4, 0.5) is 0 Å². The molecular weight excluding hydrogens is 592 g/mol. The third-order valence-electron chi connectivity index (χ3n) is 5.71. The van der Waals surface area contributed by atoms with Crippen LogP contribution in [-0.4, -0.2) is 65.1 Å². The fourth-order valence-electron chi connectivity index (χ4n) is 6.76. The van der Waals surface area contributed by atoms with Crippen LogP contribution < -0.4 is 0 Å². The highest BCUT2D eigenvalue weighted by Crippen LogP contribution is 2.47. The zero-order chi connectivity index (χ0) is 29.2. The molecule has 0 radical (unpaired) electrons. The molecule has 0 saturated carbocycles. The summed E-state index contributed by atoms with van der Waals surface area (Å²) in [6.45, 7) is 44.8. The molecule has 0 saturated heterocycles. The Balaban J connectivity index is 6.64. The van der Waals surface area contributed by atoms with Crippen molar-refractivity contribution in [1.29, 1.82) is 0 Å². The first-order valence-electron chi connectivity index (χ1n) is 14.3. The summed E-state index contributed by atoms with van der Waals surface area (Å²) in [4.78, 5) is 0. The monoisotopic (exact) mass is 658 g/mol. The molecule has 0 aliphatic heterocycles. The zero-order valence-corrected chi connectivity index (χ0v) is 37.0. The third-order valence-corrected chi connectivity index (χ3v) is 51.4. The van der Waals surface area contributed by atoms with E-state index in [4.69, 9.17) is 8.43 Å². The van der Waals surface area contributed by atoms with Gasteiger partial charge in [0.25, 0.3) is 8.25 Å². The molecule has 0 fully saturated rings. The van der Waals surface area contributed by atoms with Gasteiger partial charge < -0.3 is 8.43 Å². The lowest BCUT2D eigenvalue weighted by Crippen LogP contribution is -2.55.